The van der Waals surface area contributed by atoms with Crippen LogP contribution in [0.3, 0.4) is 0 Å². The van der Waals surface area contributed by atoms with Gasteiger partial charge in [-0.15, -0.1) is 0 Å². The Morgan fingerprint density at radius 1 is 1.07 bits per heavy atom. The molecule has 1 atom stereocenters. The first-order valence-electron chi connectivity index (χ1n) is 9.26. The van der Waals surface area contributed by atoms with Crippen molar-refractivity contribution in [2.45, 2.75) is 32.7 Å². The number of unbranched alkanes of at least 4 members (excludes halogenated alkanes) is 1. The lowest BCUT2D eigenvalue weighted by molar-refractivity contribution is -0.121. The summed E-state index contributed by atoms with van der Waals surface area (Å²) in [5.74, 6) is -0.156. The fourth-order valence-electron chi connectivity index (χ4n) is 2.66. The van der Waals surface area contributed by atoms with E-state index in [0.29, 0.717) is 6.54 Å². The third-order valence-electron chi connectivity index (χ3n) is 4.30. The van der Waals surface area contributed by atoms with Gasteiger partial charge >= 0.3 is 6.03 Å². The van der Waals surface area contributed by atoms with Crippen molar-refractivity contribution in [3.8, 4) is 0 Å². The zero-order valence-corrected chi connectivity index (χ0v) is 16.2. The molecule has 0 aliphatic rings. The van der Waals surface area contributed by atoms with Gasteiger partial charge in [-0.1, -0.05) is 43.2 Å². The smallest absolute Gasteiger partial charge is 0.318 e. The number of benzene rings is 1. The standard InChI is InChI=1S/C21H28N4O2/c1-4-5-12-23-19(26)15-25(3)21(27)24-20(18-10-13-22-14-11-18)17-8-6-16(2)7-9-17/h6-11,13-14,20H,4-5,12,15H2,1-3H3,(H,23,26)(H,24,27). The quantitative estimate of drug-likeness (QED) is 0.703. The topological polar surface area (TPSA) is 74.3 Å². The molecule has 1 unspecified atom stereocenters. The number of amides is 3. The normalized spacial score (nSPS) is 11.5. The van der Waals surface area contributed by atoms with Crippen molar-refractivity contribution in [1.29, 1.82) is 0 Å². The van der Waals surface area contributed by atoms with E-state index in [-0.39, 0.29) is 24.5 Å². The predicted octanol–water partition coefficient (Wildman–Crippen LogP) is 3.04. The largest absolute Gasteiger partial charge is 0.355 e. The summed E-state index contributed by atoms with van der Waals surface area (Å²) >= 11 is 0. The first-order valence-corrected chi connectivity index (χ1v) is 9.26. The predicted molar refractivity (Wildman–Crippen MR) is 106 cm³/mol. The first-order chi connectivity index (χ1) is 13.0. The third-order valence-corrected chi connectivity index (χ3v) is 4.30. The average molecular weight is 368 g/mol. The van der Waals surface area contributed by atoms with E-state index >= 15 is 0 Å². The molecule has 1 heterocycles. The van der Waals surface area contributed by atoms with Crippen molar-refractivity contribution in [1.82, 2.24) is 20.5 Å². The molecular formula is C21H28N4O2. The van der Waals surface area contributed by atoms with E-state index in [9.17, 15) is 9.59 Å². The van der Waals surface area contributed by atoms with Crippen LogP contribution in [0.1, 0.15) is 42.5 Å². The van der Waals surface area contributed by atoms with E-state index in [1.807, 2.05) is 43.3 Å². The number of nitrogens with one attached hydrogen (secondary N) is 2. The molecule has 0 saturated carbocycles. The van der Waals surface area contributed by atoms with Gasteiger partial charge in [-0.25, -0.2) is 4.79 Å². The Kier molecular flexibility index (Phi) is 7.79. The van der Waals surface area contributed by atoms with Crippen LogP contribution in [0.25, 0.3) is 0 Å². The molecule has 6 heteroatoms. The lowest BCUT2D eigenvalue weighted by Crippen LogP contribution is -2.44. The Balaban J connectivity index is 2.07. The molecule has 144 valence electrons. The number of pyridine rings is 1. The summed E-state index contributed by atoms with van der Waals surface area (Å²) in [5, 5.41) is 5.84. The Bertz CT molecular complexity index is 732. The molecule has 0 fully saturated rings. The minimum absolute atomic E-state index is 0.0203. The number of urea groups is 1. The second-order valence-electron chi connectivity index (χ2n) is 6.63. The summed E-state index contributed by atoms with van der Waals surface area (Å²) in [6.45, 7) is 4.74. The number of aryl methyl sites for hydroxylation is 1. The van der Waals surface area contributed by atoms with Gasteiger partial charge in [0.15, 0.2) is 0 Å². The van der Waals surface area contributed by atoms with Crippen LogP contribution in [0.15, 0.2) is 48.8 Å². The first kappa shape index (κ1) is 20.4. The Morgan fingerprint density at radius 3 is 2.33 bits per heavy atom. The summed E-state index contributed by atoms with van der Waals surface area (Å²) in [6, 6.07) is 11.2. The van der Waals surface area contributed by atoms with E-state index < -0.39 is 0 Å². The Labute approximate surface area is 161 Å². The third kappa shape index (κ3) is 6.40. The van der Waals surface area contributed by atoms with Gasteiger partial charge in [-0.2, -0.15) is 0 Å². The van der Waals surface area contributed by atoms with Crippen LogP contribution in [-0.2, 0) is 4.79 Å². The van der Waals surface area contributed by atoms with E-state index in [4.69, 9.17) is 0 Å². The number of likely N-dealkylation sites (N-methyl/N-ethyl adjacent to an activating group) is 1. The van der Waals surface area contributed by atoms with Gasteiger partial charge in [-0.3, -0.25) is 9.78 Å². The summed E-state index contributed by atoms with van der Waals surface area (Å²) < 4.78 is 0. The van der Waals surface area contributed by atoms with Gasteiger partial charge < -0.3 is 15.5 Å². The van der Waals surface area contributed by atoms with Crippen LogP contribution < -0.4 is 10.6 Å². The molecule has 1 aromatic heterocycles. The Hall–Kier alpha value is -2.89. The van der Waals surface area contributed by atoms with Crippen LogP contribution in [0.2, 0.25) is 0 Å². The molecule has 3 amide bonds. The minimum Gasteiger partial charge on any atom is -0.355 e. The fraction of sp³-hybridized carbons (Fsp3) is 0.381. The van der Waals surface area contributed by atoms with E-state index in [2.05, 4.69) is 22.5 Å². The molecule has 2 rings (SSSR count). The van der Waals surface area contributed by atoms with E-state index in [0.717, 1.165) is 29.5 Å². The average Bonchev–Trinajstić information content (AvgIpc) is 2.67. The monoisotopic (exact) mass is 368 g/mol. The van der Waals surface area contributed by atoms with Crippen molar-refractivity contribution < 1.29 is 9.59 Å². The lowest BCUT2D eigenvalue weighted by Gasteiger charge is -2.24. The molecule has 0 spiro atoms. The van der Waals surface area contributed by atoms with Crippen LogP contribution in [0, 0.1) is 6.92 Å². The SMILES string of the molecule is CCCCNC(=O)CN(C)C(=O)NC(c1ccncc1)c1ccc(C)cc1. The van der Waals surface area contributed by atoms with Crippen molar-refractivity contribution in [3.05, 3.63) is 65.5 Å². The molecular weight excluding hydrogens is 340 g/mol. The van der Waals surface area contributed by atoms with Crippen LogP contribution >= 0.6 is 0 Å². The highest BCUT2D eigenvalue weighted by Gasteiger charge is 2.20. The fourth-order valence-corrected chi connectivity index (χ4v) is 2.66. The van der Waals surface area contributed by atoms with Crippen molar-refractivity contribution in [2.24, 2.45) is 0 Å². The molecule has 2 aromatic rings. The molecule has 27 heavy (non-hydrogen) atoms. The summed E-state index contributed by atoms with van der Waals surface area (Å²) in [7, 11) is 1.62. The summed E-state index contributed by atoms with van der Waals surface area (Å²) in [6.07, 6.45) is 5.35. The van der Waals surface area contributed by atoms with Gasteiger partial charge in [-0.05, 0) is 36.6 Å². The van der Waals surface area contributed by atoms with Crippen LogP contribution in [0.4, 0.5) is 4.79 Å². The number of hydrogen-bond acceptors (Lipinski definition) is 3. The van der Waals surface area contributed by atoms with E-state index in [1.54, 1.807) is 19.4 Å². The molecule has 2 N–H and O–H groups in total. The van der Waals surface area contributed by atoms with Crippen LogP contribution in [-0.4, -0.2) is 42.0 Å². The number of carbonyl (C=O) groups is 2. The molecule has 0 bridgehead atoms. The zero-order chi connectivity index (χ0) is 19.6. The zero-order valence-electron chi connectivity index (χ0n) is 16.2. The van der Waals surface area contributed by atoms with Gasteiger partial charge in [0, 0.05) is 26.0 Å². The maximum Gasteiger partial charge on any atom is 0.318 e. The summed E-state index contributed by atoms with van der Waals surface area (Å²) in [5.41, 5.74) is 3.06. The van der Waals surface area contributed by atoms with Crippen molar-refractivity contribution in [3.63, 3.8) is 0 Å². The Morgan fingerprint density at radius 2 is 1.70 bits per heavy atom. The number of rotatable bonds is 8. The maximum atomic E-state index is 12.7. The number of aromatic nitrogens is 1. The molecule has 0 aliphatic carbocycles. The van der Waals surface area contributed by atoms with Crippen molar-refractivity contribution >= 4 is 11.9 Å². The number of hydrogen-bond donors (Lipinski definition) is 2. The van der Waals surface area contributed by atoms with Gasteiger partial charge in [0.1, 0.15) is 6.54 Å². The molecule has 1 aromatic carbocycles. The van der Waals surface area contributed by atoms with Crippen LogP contribution in [0.5, 0.6) is 0 Å². The van der Waals surface area contributed by atoms with Gasteiger partial charge in [0.25, 0.3) is 0 Å². The maximum absolute atomic E-state index is 12.7. The highest BCUT2D eigenvalue weighted by atomic mass is 16.2. The molecule has 0 radical (unpaired) electrons. The van der Waals surface area contributed by atoms with E-state index in [1.165, 1.54) is 4.90 Å². The second kappa shape index (κ2) is 10.3. The molecule has 0 aliphatic heterocycles. The highest BCUT2D eigenvalue weighted by Crippen LogP contribution is 2.22. The molecule has 0 saturated heterocycles. The minimum atomic E-state index is -0.313. The molecule has 6 nitrogen and oxygen atoms in total. The van der Waals surface area contributed by atoms with Crippen molar-refractivity contribution in [2.75, 3.05) is 20.1 Å². The van der Waals surface area contributed by atoms with Gasteiger partial charge in [0.2, 0.25) is 5.91 Å². The lowest BCUT2D eigenvalue weighted by atomic mass is 9.99. The van der Waals surface area contributed by atoms with Gasteiger partial charge in [0.05, 0.1) is 6.04 Å². The number of nitrogens with zero attached hydrogens (tertiary/aromatic N) is 2. The highest BCUT2D eigenvalue weighted by molar-refractivity contribution is 5.84. The summed E-state index contributed by atoms with van der Waals surface area (Å²) in [4.78, 5) is 30.0. The number of carbonyl (C=O) groups excluding carboxylic acids is 2. The second-order valence-corrected chi connectivity index (χ2v) is 6.63.